The molecule has 8 nitrogen and oxygen atoms in total. The van der Waals surface area contributed by atoms with Crippen LogP contribution in [0, 0.1) is 20.8 Å². The molecule has 34 heavy (non-hydrogen) atoms. The van der Waals surface area contributed by atoms with E-state index in [2.05, 4.69) is 27.2 Å². The van der Waals surface area contributed by atoms with Crippen molar-refractivity contribution in [2.24, 2.45) is 0 Å². The molecule has 0 saturated carbocycles. The number of ketones is 1. The molecule has 4 aromatic rings. The molecule has 0 aliphatic heterocycles. The Morgan fingerprint density at radius 1 is 1.12 bits per heavy atom. The molecule has 0 aliphatic rings. The predicted octanol–water partition coefficient (Wildman–Crippen LogP) is 5.22. The van der Waals surface area contributed by atoms with E-state index in [1.807, 2.05) is 80.4 Å². The van der Waals surface area contributed by atoms with Crippen molar-refractivity contribution in [3.05, 3.63) is 70.0 Å². The average Bonchev–Trinajstić information content (AvgIpc) is 3.49. The van der Waals surface area contributed by atoms with Crippen LogP contribution in [0.4, 0.5) is 0 Å². The summed E-state index contributed by atoms with van der Waals surface area (Å²) in [5.41, 5.74) is 3.31. The first-order valence-corrected chi connectivity index (χ1v) is 12.2. The minimum Gasteiger partial charge on any atom is -0.360 e. The molecule has 10 heteroatoms. The fourth-order valence-corrected chi connectivity index (χ4v) is 4.74. The van der Waals surface area contributed by atoms with Gasteiger partial charge in [-0.1, -0.05) is 28.5 Å². The van der Waals surface area contributed by atoms with Crippen molar-refractivity contribution in [2.45, 2.75) is 38.9 Å². The van der Waals surface area contributed by atoms with Gasteiger partial charge in [-0.05, 0) is 72.1 Å². The number of carbonyl (C=O) groups excluding carboxylic acids is 1. The first kappa shape index (κ1) is 24.3. The number of carbonyl (C=O) groups is 1. The first-order chi connectivity index (χ1) is 16.2. The molecule has 0 amide bonds. The van der Waals surface area contributed by atoms with Crippen LogP contribution in [-0.2, 0) is 0 Å². The van der Waals surface area contributed by atoms with Gasteiger partial charge < -0.3 is 4.52 Å². The Morgan fingerprint density at radius 2 is 1.82 bits per heavy atom. The summed E-state index contributed by atoms with van der Waals surface area (Å²) < 4.78 is 9.13. The summed E-state index contributed by atoms with van der Waals surface area (Å²) in [5, 5.41) is 14.3. The van der Waals surface area contributed by atoms with E-state index in [1.54, 1.807) is 0 Å². The molecule has 0 bridgehead atoms. The van der Waals surface area contributed by atoms with Gasteiger partial charge in [-0.2, -0.15) is 0 Å². The summed E-state index contributed by atoms with van der Waals surface area (Å²) in [6, 6.07) is 11.3. The molecular formula is C24H27ClN6O2S. The quantitative estimate of drug-likeness (QED) is 0.243. The zero-order chi connectivity index (χ0) is 24.6. The Hall–Kier alpha value is -2.88. The maximum atomic E-state index is 13.2. The molecule has 1 aromatic carbocycles. The molecule has 1 unspecified atom stereocenters. The Labute approximate surface area is 207 Å². The Morgan fingerprint density at radius 3 is 2.44 bits per heavy atom. The fraction of sp³-hybridized carbons (Fsp3) is 0.333. The summed E-state index contributed by atoms with van der Waals surface area (Å²) in [4.78, 5) is 15.3. The van der Waals surface area contributed by atoms with Crippen LogP contribution < -0.4 is 0 Å². The Kier molecular flexibility index (Phi) is 6.97. The first-order valence-electron chi connectivity index (χ1n) is 10.8. The van der Waals surface area contributed by atoms with Crippen molar-refractivity contribution in [2.75, 3.05) is 19.8 Å². The molecule has 1 atom stereocenters. The van der Waals surface area contributed by atoms with Gasteiger partial charge in [0.2, 0.25) is 0 Å². The molecule has 0 radical (unpaired) electrons. The highest BCUT2D eigenvalue weighted by Crippen LogP contribution is 2.29. The lowest BCUT2D eigenvalue weighted by Gasteiger charge is -2.20. The Bertz CT molecular complexity index is 1320. The predicted molar refractivity (Wildman–Crippen MR) is 134 cm³/mol. The van der Waals surface area contributed by atoms with Gasteiger partial charge in [0.05, 0.1) is 11.8 Å². The topological polar surface area (TPSA) is 82.0 Å². The third-order valence-electron chi connectivity index (χ3n) is 5.80. The lowest BCUT2D eigenvalue weighted by Crippen LogP contribution is -2.20. The second-order valence-electron chi connectivity index (χ2n) is 8.42. The van der Waals surface area contributed by atoms with Crippen LogP contribution in [0.5, 0.6) is 0 Å². The van der Waals surface area contributed by atoms with E-state index >= 15 is 0 Å². The van der Waals surface area contributed by atoms with Crippen molar-refractivity contribution < 1.29 is 9.32 Å². The van der Waals surface area contributed by atoms with E-state index in [1.165, 1.54) is 11.8 Å². The molecule has 0 spiro atoms. The maximum absolute atomic E-state index is 13.2. The molecule has 178 valence electrons. The van der Waals surface area contributed by atoms with Crippen molar-refractivity contribution in [1.82, 2.24) is 29.4 Å². The summed E-state index contributed by atoms with van der Waals surface area (Å²) >= 11 is 7.47. The van der Waals surface area contributed by atoms with Gasteiger partial charge in [0, 0.05) is 33.7 Å². The number of nitrogens with zero attached hydrogens (tertiary/aromatic N) is 6. The second-order valence-corrected chi connectivity index (χ2v) is 9.80. The Balaban J connectivity index is 1.62. The lowest BCUT2D eigenvalue weighted by atomic mass is 10.2. The standard InChI is InChI=1S/C24H27ClN6O2S/c1-14-11-20(16(3)30(14)22-12-15(2)33-28-22)21(32)13-34-24-27-26-23(17(4)29(5)6)31(24)19-9-7-18(25)8-10-19/h7-12,17H,13H2,1-6H3. The smallest absolute Gasteiger partial charge is 0.196 e. The molecule has 3 aromatic heterocycles. The fourth-order valence-electron chi connectivity index (χ4n) is 3.77. The van der Waals surface area contributed by atoms with Crippen LogP contribution in [-0.4, -0.2) is 55.0 Å². The summed E-state index contributed by atoms with van der Waals surface area (Å²) in [5.74, 6) is 2.42. The zero-order valence-electron chi connectivity index (χ0n) is 20.0. The normalized spacial score (nSPS) is 12.5. The van der Waals surface area contributed by atoms with Crippen molar-refractivity contribution >= 4 is 29.1 Å². The summed E-state index contributed by atoms with van der Waals surface area (Å²) in [6.07, 6.45) is 0. The van der Waals surface area contributed by atoms with E-state index in [4.69, 9.17) is 16.1 Å². The minimum atomic E-state index is 0.0115. The number of aromatic nitrogens is 5. The number of halogens is 1. The number of rotatable bonds is 8. The van der Waals surface area contributed by atoms with Gasteiger partial charge in [0.1, 0.15) is 5.76 Å². The summed E-state index contributed by atoms with van der Waals surface area (Å²) in [7, 11) is 3.99. The van der Waals surface area contributed by atoms with Crippen LogP contribution in [0.15, 0.2) is 46.1 Å². The van der Waals surface area contributed by atoms with Gasteiger partial charge in [0.25, 0.3) is 0 Å². The molecule has 4 rings (SSSR count). The summed E-state index contributed by atoms with van der Waals surface area (Å²) in [6.45, 7) is 7.78. The number of benzene rings is 1. The van der Waals surface area contributed by atoms with Gasteiger partial charge >= 0.3 is 0 Å². The van der Waals surface area contributed by atoms with Crippen molar-refractivity contribution in [3.8, 4) is 11.5 Å². The van der Waals surface area contributed by atoms with Crippen molar-refractivity contribution in [1.29, 1.82) is 0 Å². The third-order valence-corrected chi connectivity index (χ3v) is 6.98. The third kappa shape index (κ3) is 4.68. The number of Topliss-reactive ketones (excluding diaryl/α,β-unsaturated/α-hetero) is 1. The lowest BCUT2D eigenvalue weighted by molar-refractivity contribution is 0.102. The molecule has 0 N–H and O–H groups in total. The molecule has 3 heterocycles. The SMILES string of the molecule is Cc1cc(-n2c(C)cc(C(=O)CSc3nnc(C(C)N(C)C)n3-c3ccc(Cl)cc3)c2C)no1. The monoisotopic (exact) mass is 498 g/mol. The molecule has 0 saturated heterocycles. The van der Waals surface area contributed by atoms with E-state index in [9.17, 15) is 4.79 Å². The van der Waals surface area contributed by atoms with E-state index in [0.29, 0.717) is 21.6 Å². The van der Waals surface area contributed by atoms with Gasteiger partial charge in [-0.15, -0.1) is 10.2 Å². The van der Waals surface area contributed by atoms with Gasteiger partial charge in [-0.3, -0.25) is 18.8 Å². The number of hydrogen-bond donors (Lipinski definition) is 0. The van der Waals surface area contributed by atoms with Gasteiger partial charge in [-0.25, -0.2) is 0 Å². The van der Waals surface area contributed by atoms with E-state index in [0.717, 1.165) is 28.7 Å². The van der Waals surface area contributed by atoms with Gasteiger partial charge in [0.15, 0.2) is 22.6 Å². The molecule has 0 aliphatic carbocycles. The van der Waals surface area contributed by atoms with E-state index < -0.39 is 0 Å². The van der Waals surface area contributed by atoms with Crippen molar-refractivity contribution in [3.63, 3.8) is 0 Å². The molecular weight excluding hydrogens is 472 g/mol. The number of aryl methyl sites for hydroxylation is 2. The second kappa shape index (κ2) is 9.77. The van der Waals surface area contributed by atoms with Crippen LogP contribution in [0.1, 0.15) is 46.3 Å². The van der Waals surface area contributed by atoms with Crippen LogP contribution in [0.25, 0.3) is 11.5 Å². The number of hydrogen-bond acceptors (Lipinski definition) is 7. The number of thioether (sulfide) groups is 1. The highest BCUT2D eigenvalue weighted by molar-refractivity contribution is 7.99. The average molecular weight is 499 g/mol. The zero-order valence-corrected chi connectivity index (χ0v) is 21.6. The maximum Gasteiger partial charge on any atom is 0.196 e. The largest absolute Gasteiger partial charge is 0.360 e. The highest BCUT2D eigenvalue weighted by atomic mass is 35.5. The van der Waals surface area contributed by atoms with Crippen LogP contribution >= 0.6 is 23.4 Å². The van der Waals surface area contributed by atoms with Crippen LogP contribution in [0.2, 0.25) is 5.02 Å². The molecule has 0 fully saturated rings. The van der Waals surface area contributed by atoms with E-state index in [-0.39, 0.29) is 17.6 Å². The minimum absolute atomic E-state index is 0.0115. The van der Waals surface area contributed by atoms with Crippen LogP contribution in [0.3, 0.4) is 0 Å². The highest BCUT2D eigenvalue weighted by Gasteiger charge is 2.23.